The second kappa shape index (κ2) is 5.20. The highest BCUT2D eigenvalue weighted by molar-refractivity contribution is 6.30. The van der Waals surface area contributed by atoms with Gasteiger partial charge in [-0.2, -0.15) is 0 Å². The topological polar surface area (TPSA) is 72.1 Å². The lowest BCUT2D eigenvalue weighted by Crippen LogP contribution is -2.29. The maximum absolute atomic E-state index is 11.3. The second-order valence-corrected chi connectivity index (χ2v) is 6.73. The Hall–Kier alpha value is -1.36. The molecule has 0 spiro atoms. The van der Waals surface area contributed by atoms with Gasteiger partial charge in [0.15, 0.2) is 0 Å². The van der Waals surface area contributed by atoms with Crippen LogP contribution in [0, 0.1) is 12.8 Å². The predicted octanol–water partition coefficient (Wildman–Crippen LogP) is 2.05. The molecule has 1 aromatic rings. The minimum Gasteiger partial charge on any atom is -0.369 e. The summed E-state index contributed by atoms with van der Waals surface area (Å²) in [5.41, 5.74) is 6.06. The van der Waals surface area contributed by atoms with E-state index >= 15 is 0 Å². The lowest BCUT2D eigenvalue weighted by Gasteiger charge is -2.24. The van der Waals surface area contributed by atoms with Gasteiger partial charge >= 0.3 is 0 Å². The Bertz CT molecular complexity index is 539. The van der Waals surface area contributed by atoms with Crippen molar-refractivity contribution < 1.29 is 4.79 Å². The zero-order valence-corrected chi connectivity index (χ0v) is 13.2. The molecule has 1 aliphatic heterocycles. The van der Waals surface area contributed by atoms with Crippen LogP contribution >= 0.6 is 11.6 Å². The average Bonchev–Trinajstić information content (AvgIpc) is 2.80. The summed E-state index contributed by atoms with van der Waals surface area (Å²) in [4.78, 5) is 22.4. The van der Waals surface area contributed by atoms with Crippen LogP contribution in [-0.2, 0) is 10.2 Å². The van der Waals surface area contributed by atoms with Crippen molar-refractivity contribution in [2.45, 2.75) is 39.5 Å². The molecule has 110 valence electrons. The highest BCUT2D eigenvalue weighted by Gasteiger charge is 2.30. The van der Waals surface area contributed by atoms with Crippen molar-refractivity contribution in [3.05, 3.63) is 16.5 Å². The van der Waals surface area contributed by atoms with Crippen LogP contribution in [0.5, 0.6) is 0 Å². The number of amides is 1. The van der Waals surface area contributed by atoms with Gasteiger partial charge in [-0.25, -0.2) is 9.97 Å². The SMILES string of the molecule is Cc1c(Cl)nc(C(C)(C)C)nc1N1CCC(C(N)=O)C1. The number of hydrogen-bond acceptors (Lipinski definition) is 4. The molecule has 1 amide bonds. The molecule has 0 bridgehead atoms. The molecule has 5 nitrogen and oxygen atoms in total. The van der Waals surface area contributed by atoms with E-state index in [2.05, 4.69) is 14.9 Å². The molecule has 2 N–H and O–H groups in total. The molecule has 1 atom stereocenters. The van der Waals surface area contributed by atoms with Crippen molar-refractivity contribution in [2.75, 3.05) is 18.0 Å². The molecule has 1 saturated heterocycles. The first-order chi connectivity index (χ1) is 9.20. The fraction of sp³-hybridized carbons (Fsp3) is 0.643. The number of rotatable bonds is 2. The summed E-state index contributed by atoms with van der Waals surface area (Å²) in [6.07, 6.45) is 0.765. The van der Waals surface area contributed by atoms with Gasteiger partial charge in [0, 0.05) is 24.1 Å². The second-order valence-electron chi connectivity index (χ2n) is 6.37. The number of anilines is 1. The minimum atomic E-state index is -0.249. The highest BCUT2D eigenvalue weighted by atomic mass is 35.5. The third-order valence-corrected chi connectivity index (χ3v) is 3.99. The van der Waals surface area contributed by atoms with E-state index in [0.29, 0.717) is 17.5 Å². The van der Waals surface area contributed by atoms with Crippen molar-refractivity contribution in [3.8, 4) is 0 Å². The quantitative estimate of drug-likeness (QED) is 0.848. The van der Waals surface area contributed by atoms with Gasteiger partial charge in [0.2, 0.25) is 5.91 Å². The molecule has 0 aromatic carbocycles. The third-order valence-electron chi connectivity index (χ3n) is 3.62. The molecule has 2 rings (SSSR count). The zero-order chi connectivity index (χ0) is 15.1. The Morgan fingerprint density at radius 3 is 2.55 bits per heavy atom. The molecule has 6 heteroatoms. The van der Waals surface area contributed by atoms with E-state index in [1.807, 2.05) is 27.7 Å². The Balaban J connectivity index is 2.37. The van der Waals surface area contributed by atoms with Crippen LogP contribution in [0.25, 0.3) is 0 Å². The predicted molar refractivity (Wildman–Crippen MR) is 80.0 cm³/mol. The number of nitrogens with two attached hydrogens (primary N) is 1. The normalized spacial score (nSPS) is 19.4. The number of carbonyl (C=O) groups excluding carboxylic acids is 1. The molecular weight excluding hydrogens is 276 g/mol. The maximum Gasteiger partial charge on any atom is 0.222 e. The van der Waals surface area contributed by atoms with Gasteiger partial charge in [0.25, 0.3) is 0 Å². The number of primary amides is 1. The van der Waals surface area contributed by atoms with Crippen molar-refractivity contribution in [2.24, 2.45) is 11.7 Å². The van der Waals surface area contributed by atoms with Crippen LogP contribution in [0.3, 0.4) is 0 Å². The average molecular weight is 297 g/mol. The van der Waals surface area contributed by atoms with Gasteiger partial charge in [0.1, 0.15) is 16.8 Å². The number of aromatic nitrogens is 2. The lowest BCUT2D eigenvalue weighted by molar-refractivity contribution is -0.121. The first-order valence-electron chi connectivity index (χ1n) is 6.79. The molecule has 1 aliphatic rings. The highest BCUT2D eigenvalue weighted by Crippen LogP contribution is 2.31. The van der Waals surface area contributed by atoms with Crippen molar-refractivity contribution in [3.63, 3.8) is 0 Å². The zero-order valence-electron chi connectivity index (χ0n) is 12.4. The standard InChI is InChI=1S/C14H21ClN4O/c1-8-10(15)17-13(14(2,3)4)18-12(8)19-6-5-9(7-19)11(16)20/h9H,5-7H2,1-4H3,(H2,16,20). The number of nitrogens with zero attached hydrogens (tertiary/aromatic N) is 3. The molecule has 0 saturated carbocycles. The fourth-order valence-electron chi connectivity index (χ4n) is 2.31. The summed E-state index contributed by atoms with van der Waals surface area (Å²) in [5, 5.41) is 0.474. The molecule has 1 fully saturated rings. The van der Waals surface area contributed by atoms with Crippen molar-refractivity contribution in [1.29, 1.82) is 0 Å². The van der Waals surface area contributed by atoms with E-state index in [1.54, 1.807) is 0 Å². The molecule has 2 heterocycles. The summed E-state index contributed by atoms with van der Waals surface area (Å²) in [5.74, 6) is 1.17. The van der Waals surface area contributed by atoms with Gasteiger partial charge in [-0.3, -0.25) is 4.79 Å². The van der Waals surface area contributed by atoms with E-state index < -0.39 is 0 Å². The molecule has 0 aliphatic carbocycles. The first kappa shape index (κ1) is 15.0. The molecule has 1 unspecified atom stereocenters. The summed E-state index contributed by atoms with van der Waals surface area (Å²) >= 11 is 6.23. The van der Waals surface area contributed by atoms with Crippen molar-refractivity contribution in [1.82, 2.24) is 9.97 Å². The van der Waals surface area contributed by atoms with Crippen LogP contribution in [-0.4, -0.2) is 29.0 Å². The Morgan fingerprint density at radius 1 is 1.40 bits per heavy atom. The first-order valence-corrected chi connectivity index (χ1v) is 7.17. The number of halogens is 1. The number of hydrogen-bond donors (Lipinski definition) is 1. The van der Waals surface area contributed by atoms with E-state index in [1.165, 1.54) is 0 Å². The summed E-state index contributed by atoms with van der Waals surface area (Å²) in [7, 11) is 0. The minimum absolute atomic E-state index is 0.110. The van der Waals surface area contributed by atoms with Gasteiger partial charge in [-0.1, -0.05) is 32.4 Å². The maximum atomic E-state index is 11.3. The molecular formula is C14H21ClN4O. The van der Waals surface area contributed by atoms with Gasteiger partial charge in [0.05, 0.1) is 5.92 Å². The van der Waals surface area contributed by atoms with E-state index in [9.17, 15) is 4.79 Å². The van der Waals surface area contributed by atoms with Gasteiger partial charge in [-0.05, 0) is 13.3 Å². The Kier molecular flexibility index (Phi) is 3.91. The molecule has 0 radical (unpaired) electrons. The van der Waals surface area contributed by atoms with Crippen LogP contribution in [0.4, 0.5) is 5.82 Å². The Labute approximate surface area is 124 Å². The van der Waals surface area contributed by atoms with Gasteiger partial charge in [-0.15, -0.1) is 0 Å². The molecule has 1 aromatic heterocycles. The summed E-state index contributed by atoms with van der Waals surface area (Å²) in [6, 6.07) is 0. The van der Waals surface area contributed by atoms with Crippen LogP contribution in [0.15, 0.2) is 0 Å². The van der Waals surface area contributed by atoms with Crippen LogP contribution in [0.2, 0.25) is 5.15 Å². The summed E-state index contributed by atoms with van der Waals surface area (Å²) in [6.45, 7) is 9.43. The van der Waals surface area contributed by atoms with Crippen molar-refractivity contribution >= 4 is 23.3 Å². The van der Waals surface area contributed by atoms with Crippen LogP contribution < -0.4 is 10.6 Å². The van der Waals surface area contributed by atoms with Gasteiger partial charge < -0.3 is 10.6 Å². The molecule has 20 heavy (non-hydrogen) atoms. The monoisotopic (exact) mass is 296 g/mol. The van der Waals surface area contributed by atoms with E-state index in [0.717, 1.165) is 24.3 Å². The Morgan fingerprint density at radius 2 is 2.05 bits per heavy atom. The number of carbonyl (C=O) groups is 1. The lowest BCUT2D eigenvalue weighted by atomic mass is 9.95. The van der Waals surface area contributed by atoms with E-state index in [4.69, 9.17) is 17.3 Å². The van der Waals surface area contributed by atoms with Crippen LogP contribution in [0.1, 0.15) is 38.6 Å². The third kappa shape index (κ3) is 2.87. The largest absolute Gasteiger partial charge is 0.369 e. The van der Waals surface area contributed by atoms with E-state index in [-0.39, 0.29) is 17.2 Å². The fourth-order valence-corrected chi connectivity index (χ4v) is 2.47. The summed E-state index contributed by atoms with van der Waals surface area (Å²) < 4.78 is 0. The smallest absolute Gasteiger partial charge is 0.222 e.